The minimum atomic E-state index is -0.511. The molecular weight excluding hydrogens is 246 g/mol. The molecule has 0 unspecified atom stereocenters. The topological polar surface area (TPSA) is 57.7 Å². The standard InChI is InChI=1S/C11H14ClNO4/c1-15-4-5-16-6-7-17-11(14)10-8-9(12)2-3-13-10/h2-3,8H,4-7H2,1H3. The molecule has 0 spiro atoms. The van der Waals surface area contributed by atoms with Crippen LogP contribution in [0.3, 0.4) is 0 Å². The number of hydrogen-bond acceptors (Lipinski definition) is 5. The van der Waals surface area contributed by atoms with E-state index in [0.29, 0.717) is 24.8 Å². The normalized spacial score (nSPS) is 10.2. The molecule has 0 aliphatic rings. The van der Waals surface area contributed by atoms with Gasteiger partial charge in [0.25, 0.3) is 0 Å². The molecule has 0 aromatic carbocycles. The predicted octanol–water partition coefficient (Wildman–Crippen LogP) is 1.55. The predicted molar refractivity (Wildman–Crippen MR) is 62.2 cm³/mol. The van der Waals surface area contributed by atoms with Crippen molar-refractivity contribution in [3.63, 3.8) is 0 Å². The van der Waals surface area contributed by atoms with Gasteiger partial charge in [-0.25, -0.2) is 9.78 Å². The second kappa shape index (κ2) is 8.00. The van der Waals surface area contributed by atoms with E-state index in [4.69, 9.17) is 25.8 Å². The SMILES string of the molecule is COCCOCCOC(=O)c1cc(Cl)ccn1. The Hall–Kier alpha value is -1.17. The van der Waals surface area contributed by atoms with Crippen molar-refractivity contribution in [3.8, 4) is 0 Å². The Morgan fingerprint density at radius 1 is 1.35 bits per heavy atom. The van der Waals surface area contributed by atoms with Crippen molar-refractivity contribution < 1.29 is 19.0 Å². The molecule has 0 amide bonds. The summed E-state index contributed by atoms with van der Waals surface area (Å²) < 4.78 is 14.9. The molecule has 94 valence electrons. The van der Waals surface area contributed by atoms with Gasteiger partial charge in [-0.05, 0) is 12.1 Å². The van der Waals surface area contributed by atoms with Crippen LogP contribution in [0, 0.1) is 0 Å². The monoisotopic (exact) mass is 259 g/mol. The summed E-state index contributed by atoms with van der Waals surface area (Å²) in [5.41, 5.74) is 0.189. The summed E-state index contributed by atoms with van der Waals surface area (Å²) in [4.78, 5) is 15.3. The first kappa shape index (κ1) is 13.9. The Kier molecular flexibility index (Phi) is 6.54. The van der Waals surface area contributed by atoms with Crippen molar-refractivity contribution in [2.75, 3.05) is 33.5 Å². The van der Waals surface area contributed by atoms with Crippen LogP contribution in [0.15, 0.2) is 18.3 Å². The first-order valence-corrected chi connectivity index (χ1v) is 5.47. The number of carbonyl (C=O) groups is 1. The van der Waals surface area contributed by atoms with Crippen LogP contribution in [-0.4, -0.2) is 44.5 Å². The van der Waals surface area contributed by atoms with Crippen LogP contribution in [0.2, 0.25) is 5.02 Å². The summed E-state index contributed by atoms with van der Waals surface area (Å²) in [5, 5.41) is 0.447. The molecule has 1 aromatic rings. The van der Waals surface area contributed by atoms with Crippen LogP contribution in [0.5, 0.6) is 0 Å². The fourth-order valence-electron chi connectivity index (χ4n) is 1.03. The van der Waals surface area contributed by atoms with Crippen molar-refractivity contribution >= 4 is 17.6 Å². The number of nitrogens with zero attached hydrogens (tertiary/aromatic N) is 1. The largest absolute Gasteiger partial charge is 0.459 e. The van der Waals surface area contributed by atoms with Crippen LogP contribution in [0.4, 0.5) is 0 Å². The lowest BCUT2D eigenvalue weighted by atomic mass is 10.3. The van der Waals surface area contributed by atoms with Gasteiger partial charge in [-0.1, -0.05) is 11.6 Å². The summed E-state index contributed by atoms with van der Waals surface area (Å²) in [6.45, 7) is 1.50. The van der Waals surface area contributed by atoms with Crippen LogP contribution >= 0.6 is 11.6 Å². The first-order chi connectivity index (χ1) is 8.24. The maximum atomic E-state index is 11.5. The molecule has 0 saturated heterocycles. The van der Waals surface area contributed by atoms with Crippen LogP contribution in [0.25, 0.3) is 0 Å². The Balaban J connectivity index is 2.21. The Morgan fingerprint density at radius 3 is 2.82 bits per heavy atom. The average molecular weight is 260 g/mol. The van der Waals surface area contributed by atoms with Gasteiger partial charge >= 0.3 is 5.97 Å². The molecule has 5 nitrogen and oxygen atoms in total. The van der Waals surface area contributed by atoms with Gasteiger partial charge in [0.05, 0.1) is 19.8 Å². The van der Waals surface area contributed by atoms with E-state index in [1.807, 2.05) is 0 Å². The van der Waals surface area contributed by atoms with Crippen LogP contribution < -0.4 is 0 Å². The number of esters is 1. The van der Waals surface area contributed by atoms with Gasteiger partial charge in [0, 0.05) is 18.3 Å². The van der Waals surface area contributed by atoms with Crippen molar-refractivity contribution in [1.82, 2.24) is 4.98 Å². The van der Waals surface area contributed by atoms with E-state index in [0.717, 1.165) is 0 Å². The van der Waals surface area contributed by atoms with E-state index in [9.17, 15) is 4.79 Å². The second-order valence-electron chi connectivity index (χ2n) is 3.10. The highest BCUT2D eigenvalue weighted by molar-refractivity contribution is 6.30. The quantitative estimate of drug-likeness (QED) is 0.549. The zero-order chi connectivity index (χ0) is 12.5. The molecule has 0 bridgehead atoms. The van der Waals surface area contributed by atoms with E-state index in [1.165, 1.54) is 12.3 Å². The lowest BCUT2D eigenvalue weighted by molar-refractivity contribution is 0.0209. The van der Waals surface area contributed by atoms with Crippen molar-refractivity contribution in [2.24, 2.45) is 0 Å². The average Bonchev–Trinajstić information content (AvgIpc) is 2.33. The van der Waals surface area contributed by atoms with Crippen LogP contribution in [-0.2, 0) is 14.2 Å². The van der Waals surface area contributed by atoms with Gasteiger partial charge in [0.15, 0.2) is 0 Å². The molecule has 0 aliphatic heterocycles. The number of rotatable bonds is 7. The highest BCUT2D eigenvalue weighted by Crippen LogP contribution is 2.08. The molecule has 1 aromatic heterocycles. The van der Waals surface area contributed by atoms with Gasteiger partial charge in [0.1, 0.15) is 12.3 Å². The summed E-state index contributed by atoms with van der Waals surface area (Å²) in [6, 6.07) is 3.04. The summed E-state index contributed by atoms with van der Waals surface area (Å²) in [7, 11) is 1.59. The summed E-state index contributed by atoms with van der Waals surface area (Å²) in [6.07, 6.45) is 1.45. The summed E-state index contributed by atoms with van der Waals surface area (Å²) >= 11 is 5.72. The van der Waals surface area contributed by atoms with Crippen molar-refractivity contribution in [2.45, 2.75) is 0 Å². The number of hydrogen-bond donors (Lipinski definition) is 0. The number of ether oxygens (including phenoxy) is 3. The lowest BCUT2D eigenvalue weighted by Crippen LogP contribution is -2.13. The smallest absolute Gasteiger partial charge is 0.357 e. The molecule has 0 N–H and O–H groups in total. The number of pyridine rings is 1. The van der Waals surface area contributed by atoms with E-state index < -0.39 is 5.97 Å². The van der Waals surface area contributed by atoms with Crippen molar-refractivity contribution in [3.05, 3.63) is 29.0 Å². The lowest BCUT2D eigenvalue weighted by Gasteiger charge is -2.05. The number of carbonyl (C=O) groups excluding carboxylic acids is 1. The van der Waals surface area contributed by atoms with Gasteiger partial charge in [0.2, 0.25) is 0 Å². The van der Waals surface area contributed by atoms with E-state index in [2.05, 4.69) is 4.98 Å². The molecule has 0 radical (unpaired) electrons. The van der Waals surface area contributed by atoms with E-state index >= 15 is 0 Å². The molecule has 1 rings (SSSR count). The first-order valence-electron chi connectivity index (χ1n) is 5.09. The fourth-order valence-corrected chi connectivity index (χ4v) is 1.19. The Morgan fingerprint density at radius 2 is 2.12 bits per heavy atom. The molecule has 0 saturated carbocycles. The van der Waals surface area contributed by atoms with Gasteiger partial charge < -0.3 is 14.2 Å². The van der Waals surface area contributed by atoms with Crippen molar-refractivity contribution in [1.29, 1.82) is 0 Å². The van der Waals surface area contributed by atoms with E-state index in [1.54, 1.807) is 13.2 Å². The molecule has 17 heavy (non-hydrogen) atoms. The van der Waals surface area contributed by atoms with Gasteiger partial charge in [-0.3, -0.25) is 0 Å². The molecule has 1 heterocycles. The van der Waals surface area contributed by atoms with Gasteiger partial charge in [-0.15, -0.1) is 0 Å². The Labute approximate surface area is 105 Å². The number of halogens is 1. The third kappa shape index (κ3) is 5.63. The molecule has 0 fully saturated rings. The maximum absolute atomic E-state index is 11.5. The third-order valence-electron chi connectivity index (χ3n) is 1.82. The highest BCUT2D eigenvalue weighted by Gasteiger charge is 2.08. The van der Waals surface area contributed by atoms with E-state index in [-0.39, 0.29) is 12.3 Å². The molecular formula is C11H14ClNO4. The minimum Gasteiger partial charge on any atom is -0.459 e. The van der Waals surface area contributed by atoms with Gasteiger partial charge in [-0.2, -0.15) is 0 Å². The number of methoxy groups -OCH3 is 1. The molecule has 6 heteroatoms. The molecule has 0 atom stereocenters. The third-order valence-corrected chi connectivity index (χ3v) is 2.06. The fraction of sp³-hybridized carbons (Fsp3) is 0.455. The Bertz CT molecular complexity index is 359. The zero-order valence-electron chi connectivity index (χ0n) is 9.52. The minimum absolute atomic E-state index is 0.177. The number of aromatic nitrogens is 1. The highest BCUT2D eigenvalue weighted by atomic mass is 35.5. The second-order valence-corrected chi connectivity index (χ2v) is 3.54. The summed E-state index contributed by atoms with van der Waals surface area (Å²) in [5.74, 6) is -0.511. The zero-order valence-corrected chi connectivity index (χ0v) is 10.3. The van der Waals surface area contributed by atoms with Crippen LogP contribution in [0.1, 0.15) is 10.5 Å². The molecule has 0 aliphatic carbocycles. The maximum Gasteiger partial charge on any atom is 0.357 e.